The zero-order chi connectivity index (χ0) is 12.7. The summed E-state index contributed by atoms with van der Waals surface area (Å²) in [5.74, 6) is -0.0109. The summed E-state index contributed by atoms with van der Waals surface area (Å²) in [6.07, 6.45) is -2.40. The van der Waals surface area contributed by atoms with Crippen LogP contribution in [0.4, 0.5) is 0 Å². The number of rotatable bonds is 1. The summed E-state index contributed by atoms with van der Waals surface area (Å²) in [5.41, 5.74) is -1.10. The number of nitrogens with zero attached hydrogens (tertiary/aromatic N) is 2. The Kier molecular flexibility index (Phi) is 2.64. The van der Waals surface area contributed by atoms with Gasteiger partial charge in [-0.25, -0.2) is 4.79 Å². The second kappa shape index (κ2) is 3.86. The lowest BCUT2D eigenvalue weighted by Gasteiger charge is -2.17. The summed E-state index contributed by atoms with van der Waals surface area (Å²) in [7, 11) is 1.31. The molecule has 7 nitrogen and oxygen atoms in total. The third-order valence-corrected chi connectivity index (χ3v) is 2.71. The van der Waals surface area contributed by atoms with Crippen LogP contribution in [0, 0.1) is 0 Å². The van der Waals surface area contributed by atoms with Gasteiger partial charge in [-0.15, -0.1) is 0 Å². The van der Waals surface area contributed by atoms with Crippen molar-refractivity contribution in [3.05, 3.63) is 45.4 Å². The van der Waals surface area contributed by atoms with Crippen LogP contribution in [-0.4, -0.2) is 31.6 Å². The predicted molar refractivity (Wildman–Crippen MR) is 57.2 cm³/mol. The van der Waals surface area contributed by atoms with Crippen LogP contribution in [-0.2, 0) is 11.8 Å². The van der Waals surface area contributed by atoms with E-state index in [4.69, 9.17) is 4.74 Å². The first-order valence-electron chi connectivity index (χ1n) is 4.93. The predicted octanol–water partition coefficient (Wildman–Crippen LogP) is -1.69. The molecule has 2 rings (SSSR count). The molecule has 0 unspecified atom stereocenters. The summed E-state index contributed by atoms with van der Waals surface area (Å²) in [5, 5.41) is 19.1. The average Bonchev–Trinajstić information content (AvgIpc) is 2.54. The highest BCUT2D eigenvalue weighted by Gasteiger charge is 2.40. The van der Waals surface area contributed by atoms with Gasteiger partial charge in [0.05, 0.1) is 0 Å². The smallest absolute Gasteiger partial charge is 0.333 e. The van der Waals surface area contributed by atoms with E-state index in [1.807, 2.05) is 0 Å². The van der Waals surface area contributed by atoms with Crippen molar-refractivity contribution >= 4 is 0 Å². The number of aromatic nitrogens is 2. The Labute approximate surface area is 95.8 Å². The fraction of sp³-hybridized carbons (Fsp3) is 0.400. The third kappa shape index (κ3) is 1.69. The second-order valence-electron chi connectivity index (χ2n) is 3.81. The van der Waals surface area contributed by atoms with E-state index in [0.717, 1.165) is 9.13 Å². The molecular formula is C10H12N2O5. The first-order valence-corrected chi connectivity index (χ1v) is 4.93. The van der Waals surface area contributed by atoms with E-state index in [2.05, 4.69) is 6.58 Å². The molecule has 0 radical (unpaired) electrons. The maximum Gasteiger partial charge on any atom is 0.333 e. The van der Waals surface area contributed by atoms with E-state index in [1.165, 1.54) is 19.3 Å². The van der Waals surface area contributed by atoms with Crippen LogP contribution in [0.5, 0.6) is 0 Å². The molecule has 1 aliphatic rings. The summed E-state index contributed by atoms with van der Waals surface area (Å²) in [4.78, 5) is 23.0. The largest absolute Gasteiger partial charge is 0.469 e. The molecule has 2 heterocycles. The van der Waals surface area contributed by atoms with Gasteiger partial charge in [-0.05, 0) is 0 Å². The third-order valence-electron chi connectivity index (χ3n) is 2.71. The van der Waals surface area contributed by atoms with Gasteiger partial charge in [0.1, 0.15) is 18.0 Å². The number of hydrogen-bond acceptors (Lipinski definition) is 5. The van der Waals surface area contributed by atoms with Gasteiger partial charge in [-0.2, -0.15) is 0 Å². The highest BCUT2D eigenvalue weighted by molar-refractivity contribution is 5.05. The molecule has 1 aromatic rings. The van der Waals surface area contributed by atoms with Gasteiger partial charge in [0, 0.05) is 19.3 Å². The van der Waals surface area contributed by atoms with Crippen LogP contribution in [0.2, 0.25) is 0 Å². The molecule has 0 bridgehead atoms. The first-order chi connectivity index (χ1) is 7.93. The minimum atomic E-state index is -1.29. The molecule has 0 aromatic carbocycles. The van der Waals surface area contributed by atoms with Crippen molar-refractivity contribution in [3.63, 3.8) is 0 Å². The lowest BCUT2D eigenvalue weighted by Crippen LogP contribution is -2.41. The molecule has 0 saturated carbocycles. The van der Waals surface area contributed by atoms with Crippen molar-refractivity contribution in [3.8, 4) is 0 Å². The lowest BCUT2D eigenvalue weighted by atomic mass is 10.2. The molecule has 92 valence electrons. The molecule has 17 heavy (non-hydrogen) atoms. The number of ether oxygens (including phenoxy) is 1. The molecule has 1 aliphatic heterocycles. The first kappa shape index (κ1) is 11.6. The second-order valence-corrected chi connectivity index (χ2v) is 3.81. The Morgan fingerprint density at radius 2 is 2.06 bits per heavy atom. The van der Waals surface area contributed by atoms with Gasteiger partial charge >= 0.3 is 5.69 Å². The average molecular weight is 240 g/mol. The lowest BCUT2D eigenvalue weighted by molar-refractivity contribution is -0.0169. The fourth-order valence-corrected chi connectivity index (χ4v) is 1.64. The van der Waals surface area contributed by atoms with E-state index in [1.54, 1.807) is 0 Å². The van der Waals surface area contributed by atoms with Gasteiger partial charge in [0.2, 0.25) is 6.23 Å². The maximum atomic E-state index is 11.8. The summed E-state index contributed by atoms with van der Waals surface area (Å²) in [6, 6.07) is 1.17. The minimum absolute atomic E-state index is 0.0109. The molecule has 1 fully saturated rings. The molecule has 2 N–H and O–H groups in total. The van der Waals surface area contributed by atoms with E-state index < -0.39 is 29.7 Å². The molecule has 1 saturated heterocycles. The monoisotopic (exact) mass is 240 g/mol. The Morgan fingerprint density at radius 1 is 1.41 bits per heavy atom. The summed E-state index contributed by atoms with van der Waals surface area (Å²) >= 11 is 0. The van der Waals surface area contributed by atoms with Gasteiger partial charge in [-0.1, -0.05) is 6.58 Å². The molecular weight excluding hydrogens is 228 g/mol. The van der Waals surface area contributed by atoms with Crippen molar-refractivity contribution in [1.82, 2.24) is 9.13 Å². The zero-order valence-electron chi connectivity index (χ0n) is 9.11. The van der Waals surface area contributed by atoms with Crippen LogP contribution in [0.15, 0.2) is 34.2 Å². The molecule has 1 aromatic heterocycles. The fourth-order valence-electron chi connectivity index (χ4n) is 1.64. The van der Waals surface area contributed by atoms with Gasteiger partial charge < -0.3 is 14.9 Å². The number of hydrogen-bond donors (Lipinski definition) is 2. The van der Waals surface area contributed by atoms with Crippen LogP contribution in [0.1, 0.15) is 6.23 Å². The van der Waals surface area contributed by atoms with E-state index >= 15 is 0 Å². The van der Waals surface area contributed by atoms with Crippen molar-refractivity contribution in [2.45, 2.75) is 18.4 Å². The van der Waals surface area contributed by atoms with Gasteiger partial charge in [0.15, 0.2) is 0 Å². The Bertz CT molecular complexity index is 573. The van der Waals surface area contributed by atoms with Crippen molar-refractivity contribution in [2.75, 3.05) is 0 Å². The van der Waals surface area contributed by atoms with E-state index in [0.29, 0.717) is 0 Å². The van der Waals surface area contributed by atoms with Crippen molar-refractivity contribution in [2.24, 2.45) is 7.05 Å². The normalized spacial score (nSPS) is 28.2. The molecule has 7 heteroatoms. The van der Waals surface area contributed by atoms with E-state index in [-0.39, 0.29) is 5.76 Å². The molecule has 0 amide bonds. The van der Waals surface area contributed by atoms with Crippen molar-refractivity contribution < 1.29 is 14.9 Å². The van der Waals surface area contributed by atoms with Crippen LogP contribution in [0.3, 0.4) is 0 Å². The van der Waals surface area contributed by atoms with Crippen molar-refractivity contribution in [1.29, 1.82) is 0 Å². The SMILES string of the molecule is C=C1O[C@@H](n2ccc(=O)n(C)c2=O)[C@H](O)[C@@H]1O. The topological polar surface area (TPSA) is 93.7 Å². The van der Waals surface area contributed by atoms with Crippen LogP contribution < -0.4 is 11.2 Å². The van der Waals surface area contributed by atoms with Crippen LogP contribution in [0.25, 0.3) is 0 Å². The van der Waals surface area contributed by atoms with Gasteiger partial charge in [0.25, 0.3) is 5.56 Å². The maximum absolute atomic E-state index is 11.8. The quantitative estimate of drug-likeness (QED) is 0.611. The molecule has 0 aliphatic carbocycles. The minimum Gasteiger partial charge on any atom is -0.469 e. The number of aliphatic hydroxyl groups excluding tert-OH is 2. The highest BCUT2D eigenvalue weighted by atomic mass is 16.5. The van der Waals surface area contributed by atoms with Gasteiger partial charge in [-0.3, -0.25) is 13.9 Å². The van der Waals surface area contributed by atoms with E-state index in [9.17, 15) is 19.8 Å². The summed E-state index contributed by atoms with van der Waals surface area (Å²) < 4.78 is 7.01. The highest BCUT2D eigenvalue weighted by Crippen LogP contribution is 2.29. The summed E-state index contributed by atoms with van der Waals surface area (Å²) in [6.45, 7) is 3.41. The zero-order valence-corrected chi connectivity index (χ0v) is 9.11. The Hall–Kier alpha value is -1.86. The standard InChI is InChI=1S/C10H12N2O5/c1-5-7(14)8(15)9(17-5)12-4-3-6(13)11(2)10(12)16/h3-4,7-9,14-15H,1H2,2H3/t7-,8-,9-/m1/s1. The number of aliphatic hydroxyl groups is 2. The Morgan fingerprint density at radius 3 is 2.59 bits per heavy atom. The Balaban J connectivity index is 2.50. The molecule has 0 spiro atoms. The van der Waals surface area contributed by atoms with Crippen LogP contribution >= 0.6 is 0 Å². The molecule has 3 atom stereocenters.